The lowest BCUT2D eigenvalue weighted by molar-refractivity contribution is -0.136. The number of carbonyl (C=O) groups is 2. The predicted octanol–water partition coefficient (Wildman–Crippen LogP) is 6.07. The molecule has 0 aliphatic heterocycles. The van der Waals surface area contributed by atoms with Crippen LogP contribution in [-0.4, -0.2) is 11.8 Å². The maximum Gasteiger partial charge on any atom is 0.407 e. The van der Waals surface area contributed by atoms with Gasteiger partial charge in [-0.1, -0.05) is 29.8 Å². The van der Waals surface area contributed by atoms with Crippen LogP contribution in [0, 0.1) is 12.4 Å². The van der Waals surface area contributed by atoms with Crippen molar-refractivity contribution >= 4 is 34.8 Å². The maximum atomic E-state index is 14.2. The molecule has 32 heavy (non-hydrogen) atoms. The molecule has 0 heterocycles. The highest BCUT2D eigenvalue weighted by atomic mass is 35.5. The molecule has 3 rings (SSSR count). The summed E-state index contributed by atoms with van der Waals surface area (Å²) in [6.45, 7) is 6.96. The summed E-state index contributed by atoms with van der Waals surface area (Å²) in [6, 6.07) is 9.98. The van der Waals surface area contributed by atoms with Gasteiger partial charge in [0.1, 0.15) is 5.82 Å². The number of amides is 2. The summed E-state index contributed by atoms with van der Waals surface area (Å²) in [5.74, 6) is -2.79. The fraction of sp³-hybridized carbons (Fsp3) is 0.0455. The Labute approximate surface area is 184 Å². The molecule has 162 valence electrons. The molecule has 0 aliphatic rings. The van der Waals surface area contributed by atoms with E-state index in [0.717, 1.165) is 24.3 Å². The minimum Gasteiger partial charge on any atom is -0.366 e. The minimum atomic E-state index is -4.87. The number of halogens is 5. The lowest BCUT2D eigenvalue weighted by Crippen LogP contribution is -2.17. The predicted molar refractivity (Wildman–Crippen MR) is 111 cm³/mol. The van der Waals surface area contributed by atoms with Gasteiger partial charge in [0, 0.05) is 16.1 Å². The van der Waals surface area contributed by atoms with Crippen molar-refractivity contribution in [2.24, 2.45) is 5.73 Å². The molecule has 0 saturated heterocycles. The topological polar surface area (TPSA) is 76.6 Å². The van der Waals surface area contributed by atoms with Crippen LogP contribution in [0.25, 0.3) is 16.0 Å². The Balaban J connectivity index is 2.21. The number of nitrogens with zero attached hydrogens (tertiary/aromatic N) is 1. The second kappa shape index (κ2) is 8.69. The fourth-order valence-corrected chi connectivity index (χ4v) is 3.15. The first-order valence-electron chi connectivity index (χ1n) is 8.80. The molecular formula is C22H12ClF4N3O2. The number of hydrogen-bond donors (Lipinski definition) is 2. The molecule has 2 amide bonds. The van der Waals surface area contributed by atoms with Crippen molar-refractivity contribution < 1.29 is 27.2 Å². The number of nitrogens with two attached hydrogens (primary N) is 1. The van der Waals surface area contributed by atoms with Crippen LogP contribution in [0.2, 0.25) is 5.02 Å². The number of rotatable bonds is 4. The Bertz CT molecular complexity index is 1270. The second-order valence-corrected chi connectivity index (χ2v) is 6.98. The van der Waals surface area contributed by atoms with Gasteiger partial charge in [0.2, 0.25) is 5.91 Å². The van der Waals surface area contributed by atoms with E-state index in [1.807, 2.05) is 0 Å². The highest BCUT2D eigenvalue weighted by Crippen LogP contribution is 2.41. The molecular weight excluding hydrogens is 450 g/mol. The van der Waals surface area contributed by atoms with Gasteiger partial charge in [-0.3, -0.25) is 9.59 Å². The van der Waals surface area contributed by atoms with E-state index in [9.17, 15) is 27.2 Å². The maximum absolute atomic E-state index is 14.2. The van der Waals surface area contributed by atoms with Gasteiger partial charge in [-0.2, -0.15) is 13.2 Å². The first kappa shape index (κ1) is 22.8. The Hall–Kier alpha value is -3.90. The van der Waals surface area contributed by atoms with Gasteiger partial charge < -0.3 is 11.1 Å². The summed E-state index contributed by atoms with van der Waals surface area (Å²) in [7, 11) is 0. The lowest BCUT2D eigenvalue weighted by atomic mass is 9.94. The number of benzene rings is 3. The van der Waals surface area contributed by atoms with Crippen molar-refractivity contribution in [2.45, 2.75) is 6.18 Å². The molecule has 10 heteroatoms. The van der Waals surface area contributed by atoms with Crippen molar-refractivity contribution in [3.63, 3.8) is 0 Å². The van der Waals surface area contributed by atoms with Gasteiger partial charge in [0.05, 0.1) is 23.4 Å². The summed E-state index contributed by atoms with van der Waals surface area (Å²) >= 11 is 5.79. The number of anilines is 1. The highest BCUT2D eigenvalue weighted by molar-refractivity contribution is 6.30. The van der Waals surface area contributed by atoms with E-state index in [1.54, 1.807) is 0 Å². The zero-order valence-electron chi connectivity index (χ0n) is 15.9. The molecule has 3 aromatic carbocycles. The van der Waals surface area contributed by atoms with Crippen LogP contribution in [0.15, 0.2) is 54.6 Å². The second-order valence-electron chi connectivity index (χ2n) is 6.54. The fourth-order valence-electron chi connectivity index (χ4n) is 3.02. The van der Waals surface area contributed by atoms with Gasteiger partial charge in [-0.15, -0.1) is 0 Å². The molecule has 5 nitrogen and oxygen atoms in total. The third-order valence-electron chi connectivity index (χ3n) is 4.43. The molecule has 0 unspecified atom stereocenters. The van der Waals surface area contributed by atoms with E-state index >= 15 is 0 Å². The lowest BCUT2D eigenvalue weighted by Gasteiger charge is -2.17. The van der Waals surface area contributed by atoms with Crippen LogP contribution < -0.4 is 11.1 Å². The number of hydrogen-bond acceptors (Lipinski definition) is 2. The molecule has 0 fully saturated rings. The van der Waals surface area contributed by atoms with Crippen LogP contribution in [0.3, 0.4) is 0 Å². The average molecular weight is 462 g/mol. The van der Waals surface area contributed by atoms with E-state index in [-0.39, 0.29) is 22.4 Å². The molecule has 3 N–H and O–H groups in total. The minimum absolute atomic E-state index is 0.129. The largest absolute Gasteiger partial charge is 0.407 e. The third-order valence-corrected chi connectivity index (χ3v) is 4.69. The molecule has 0 saturated carbocycles. The van der Waals surface area contributed by atoms with Crippen LogP contribution in [-0.2, 0) is 6.18 Å². The zero-order valence-corrected chi connectivity index (χ0v) is 16.7. The molecule has 0 spiro atoms. The summed E-state index contributed by atoms with van der Waals surface area (Å²) in [5, 5.41) is 2.76. The number of carbonyl (C=O) groups excluding carboxylic acids is 2. The molecule has 0 atom stereocenters. The summed E-state index contributed by atoms with van der Waals surface area (Å²) < 4.78 is 54.5. The Morgan fingerprint density at radius 1 is 1.03 bits per heavy atom. The smallest absolute Gasteiger partial charge is 0.366 e. The first-order chi connectivity index (χ1) is 15.0. The summed E-state index contributed by atoms with van der Waals surface area (Å²) in [5.41, 5.74) is 2.42. The number of nitrogens with one attached hydrogen (secondary N) is 1. The quantitative estimate of drug-likeness (QED) is 0.365. The molecule has 0 aromatic heterocycles. The van der Waals surface area contributed by atoms with Crippen molar-refractivity contribution in [3.05, 3.63) is 93.5 Å². The Morgan fingerprint density at radius 2 is 1.69 bits per heavy atom. The molecule has 0 aliphatic carbocycles. The zero-order chi connectivity index (χ0) is 23.6. The normalized spacial score (nSPS) is 11.0. The van der Waals surface area contributed by atoms with Gasteiger partial charge in [0.25, 0.3) is 5.91 Å². The molecule has 0 radical (unpaired) electrons. The number of primary amides is 1. The van der Waals surface area contributed by atoms with E-state index in [2.05, 4.69) is 10.2 Å². The standard InChI is InChI=1S/C22H12ClF4N3O2/c1-29-17-7-4-12(8-16(17)22(25,26)27)19-15(20(28)31)9-14(24)10-18(19)30-21(32)11-2-5-13(23)6-3-11/h2-10H,(H2,28,31)(H,30,32). The SMILES string of the molecule is [C-]#[N+]c1ccc(-c2c(NC(=O)c3ccc(Cl)cc3)cc(F)cc2C(N)=O)cc1C(F)(F)F. The van der Waals surface area contributed by atoms with E-state index in [4.69, 9.17) is 23.9 Å². The first-order valence-corrected chi connectivity index (χ1v) is 9.18. The van der Waals surface area contributed by atoms with E-state index in [1.165, 1.54) is 24.3 Å². The average Bonchev–Trinajstić information content (AvgIpc) is 2.72. The van der Waals surface area contributed by atoms with Crippen LogP contribution in [0.1, 0.15) is 26.3 Å². The summed E-state index contributed by atoms with van der Waals surface area (Å²) in [4.78, 5) is 27.4. The Morgan fingerprint density at radius 3 is 2.25 bits per heavy atom. The summed E-state index contributed by atoms with van der Waals surface area (Å²) in [6.07, 6.45) is -4.87. The van der Waals surface area contributed by atoms with Gasteiger partial charge >= 0.3 is 6.18 Å². The van der Waals surface area contributed by atoms with E-state index < -0.39 is 40.6 Å². The van der Waals surface area contributed by atoms with Crippen LogP contribution >= 0.6 is 11.6 Å². The van der Waals surface area contributed by atoms with Gasteiger partial charge in [-0.05, 0) is 42.0 Å². The highest BCUT2D eigenvalue weighted by Gasteiger charge is 2.34. The van der Waals surface area contributed by atoms with Crippen molar-refractivity contribution in [1.29, 1.82) is 0 Å². The van der Waals surface area contributed by atoms with E-state index in [0.29, 0.717) is 11.1 Å². The number of alkyl halides is 3. The van der Waals surface area contributed by atoms with Crippen molar-refractivity contribution in [2.75, 3.05) is 5.32 Å². The molecule has 3 aromatic rings. The Kier molecular flexibility index (Phi) is 6.18. The van der Waals surface area contributed by atoms with Crippen molar-refractivity contribution in [3.8, 4) is 11.1 Å². The van der Waals surface area contributed by atoms with Crippen molar-refractivity contribution in [1.82, 2.24) is 0 Å². The van der Waals surface area contributed by atoms with Crippen LogP contribution in [0.5, 0.6) is 0 Å². The van der Waals surface area contributed by atoms with Gasteiger partial charge in [-0.25, -0.2) is 9.24 Å². The monoisotopic (exact) mass is 461 g/mol. The third kappa shape index (κ3) is 4.71. The molecule has 0 bridgehead atoms. The van der Waals surface area contributed by atoms with Gasteiger partial charge in [0.15, 0.2) is 5.69 Å². The van der Waals surface area contributed by atoms with Crippen LogP contribution in [0.4, 0.5) is 28.9 Å².